The highest BCUT2D eigenvalue weighted by Crippen LogP contribution is 2.24. The van der Waals surface area contributed by atoms with E-state index in [0.717, 1.165) is 22.4 Å². The van der Waals surface area contributed by atoms with E-state index in [9.17, 15) is 9.18 Å². The molecule has 0 aliphatic heterocycles. The summed E-state index contributed by atoms with van der Waals surface area (Å²) < 4.78 is 17.6. The maximum atomic E-state index is 12.9. The van der Waals surface area contributed by atoms with Crippen LogP contribution in [-0.4, -0.2) is 18.1 Å². The highest BCUT2D eigenvalue weighted by molar-refractivity contribution is 5.88. The van der Waals surface area contributed by atoms with Crippen molar-refractivity contribution in [2.45, 2.75) is 0 Å². The Balaban J connectivity index is 1.86. The molecule has 0 aliphatic rings. The minimum atomic E-state index is -0.394. The van der Waals surface area contributed by atoms with E-state index in [1.807, 2.05) is 30.3 Å². The normalized spacial score (nSPS) is 10.5. The fourth-order valence-electron chi connectivity index (χ4n) is 2.28. The van der Waals surface area contributed by atoms with Gasteiger partial charge in [0, 0.05) is 5.69 Å². The molecule has 0 saturated carbocycles. The number of aromatic nitrogens is 1. The minimum absolute atomic E-state index is 0.248. The van der Waals surface area contributed by atoms with E-state index in [0.29, 0.717) is 5.69 Å². The van der Waals surface area contributed by atoms with E-state index < -0.39 is 5.97 Å². The molecule has 110 valence electrons. The van der Waals surface area contributed by atoms with Gasteiger partial charge in [-0.1, -0.05) is 36.4 Å². The molecular formula is C18H14FNO2. The summed E-state index contributed by atoms with van der Waals surface area (Å²) in [6.07, 6.45) is 0. The zero-order valence-electron chi connectivity index (χ0n) is 12.0. The molecule has 0 fully saturated rings. The standard InChI is InChI=1S/C18H14FNO2/c1-22-18(21)17-11-10-16(20-17)14-4-2-12(3-5-14)13-6-8-15(19)9-7-13/h2-11,20H,1H3. The van der Waals surface area contributed by atoms with Gasteiger partial charge in [0.15, 0.2) is 0 Å². The van der Waals surface area contributed by atoms with Gasteiger partial charge in [0.1, 0.15) is 11.5 Å². The molecule has 0 saturated heterocycles. The van der Waals surface area contributed by atoms with Crippen molar-refractivity contribution in [2.75, 3.05) is 7.11 Å². The number of aromatic amines is 1. The van der Waals surface area contributed by atoms with E-state index >= 15 is 0 Å². The third-order valence-corrected chi connectivity index (χ3v) is 3.46. The van der Waals surface area contributed by atoms with Gasteiger partial charge in [-0.25, -0.2) is 9.18 Å². The summed E-state index contributed by atoms with van der Waals surface area (Å²) in [4.78, 5) is 14.5. The molecule has 0 aliphatic carbocycles. The van der Waals surface area contributed by atoms with E-state index in [4.69, 9.17) is 0 Å². The van der Waals surface area contributed by atoms with Crippen LogP contribution >= 0.6 is 0 Å². The van der Waals surface area contributed by atoms with Gasteiger partial charge in [-0.05, 0) is 41.0 Å². The van der Waals surface area contributed by atoms with Gasteiger partial charge in [0.25, 0.3) is 0 Å². The number of methoxy groups -OCH3 is 1. The van der Waals surface area contributed by atoms with Crippen molar-refractivity contribution >= 4 is 5.97 Å². The molecule has 0 radical (unpaired) electrons. The average Bonchev–Trinajstić information content (AvgIpc) is 3.05. The number of halogens is 1. The number of benzene rings is 2. The van der Waals surface area contributed by atoms with Crippen molar-refractivity contribution < 1.29 is 13.9 Å². The first-order valence-electron chi connectivity index (χ1n) is 6.81. The zero-order valence-corrected chi connectivity index (χ0v) is 12.0. The molecule has 0 amide bonds. The largest absolute Gasteiger partial charge is 0.464 e. The van der Waals surface area contributed by atoms with Crippen LogP contribution in [0.25, 0.3) is 22.4 Å². The molecule has 0 bridgehead atoms. The number of rotatable bonds is 3. The Morgan fingerprint density at radius 2 is 1.41 bits per heavy atom. The molecule has 0 spiro atoms. The Hall–Kier alpha value is -2.88. The Morgan fingerprint density at radius 3 is 2.00 bits per heavy atom. The van der Waals surface area contributed by atoms with Gasteiger partial charge >= 0.3 is 5.97 Å². The van der Waals surface area contributed by atoms with Crippen molar-refractivity contribution in [3.8, 4) is 22.4 Å². The predicted octanol–water partition coefficient (Wildman–Crippen LogP) is 4.27. The van der Waals surface area contributed by atoms with Crippen LogP contribution in [0.2, 0.25) is 0 Å². The van der Waals surface area contributed by atoms with Crippen molar-refractivity contribution in [2.24, 2.45) is 0 Å². The summed E-state index contributed by atoms with van der Waals surface area (Å²) in [6.45, 7) is 0. The van der Waals surface area contributed by atoms with Gasteiger partial charge in [-0.3, -0.25) is 0 Å². The Bertz CT molecular complexity index is 789. The molecular weight excluding hydrogens is 281 g/mol. The average molecular weight is 295 g/mol. The third kappa shape index (κ3) is 2.76. The maximum absolute atomic E-state index is 12.9. The number of hydrogen-bond donors (Lipinski definition) is 1. The summed E-state index contributed by atoms with van der Waals surface area (Å²) in [7, 11) is 1.35. The lowest BCUT2D eigenvalue weighted by Crippen LogP contribution is -2.00. The fraction of sp³-hybridized carbons (Fsp3) is 0.0556. The van der Waals surface area contributed by atoms with Crippen LogP contribution in [-0.2, 0) is 4.74 Å². The van der Waals surface area contributed by atoms with Crippen LogP contribution in [0.15, 0.2) is 60.7 Å². The van der Waals surface area contributed by atoms with E-state index in [-0.39, 0.29) is 5.82 Å². The van der Waals surface area contributed by atoms with Crippen LogP contribution in [0.4, 0.5) is 4.39 Å². The molecule has 0 atom stereocenters. The number of ether oxygens (including phenoxy) is 1. The molecule has 3 nitrogen and oxygen atoms in total. The highest BCUT2D eigenvalue weighted by atomic mass is 19.1. The predicted molar refractivity (Wildman–Crippen MR) is 83.0 cm³/mol. The summed E-state index contributed by atoms with van der Waals surface area (Å²) in [6, 6.07) is 17.7. The Labute approximate surface area is 127 Å². The summed E-state index contributed by atoms with van der Waals surface area (Å²) in [5, 5.41) is 0. The molecule has 1 N–H and O–H groups in total. The van der Waals surface area contributed by atoms with Crippen LogP contribution in [0.1, 0.15) is 10.5 Å². The smallest absolute Gasteiger partial charge is 0.354 e. The second-order valence-electron chi connectivity index (χ2n) is 4.86. The van der Waals surface area contributed by atoms with Crippen molar-refractivity contribution in [1.29, 1.82) is 0 Å². The lowest BCUT2D eigenvalue weighted by molar-refractivity contribution is 0.0595. The Morgan fingerprint density at radius 1 is 0.864 bits per heavy atom. The second kappa shape index (κ2) is 5.85. The summed E-state index contributed by atoms with van der Waals surface area (Å²) in [5.41, 5.74) is 4.17. The lowest BCUT2D eigenvalue weighted by Gasteiger charge is -2.04. The monoisotopic (exact) mass is 295 g/mol. The molecule has 0 unspecified atom stereocenters. The third-order valence-electron chi connectivity index (χ3n) is 3.46. The first-order valence-corrected chi connectivity index (χ1v) is 6.81. The van der Waals surface area contributed by atoms with Crippen LogP contribution < -0.4 is 0 Å². The number of esters is 1. The Kier molecular flexibility index (Phi) is 3.74. The van der Waals surface area contributed by atoms with Crippen molar-refractivity contribution in [1.82, 2.24) is 4.98 Å². The van der Waals surface area contributed by atoms with E-state index in [2.05, 4.69) is 9.72 Å². The summed E-state index contributed by atoms with van der Waals surface area (Å²) >= 11 is 0. The van der Waals surface area contributed by atoms with Crippen LogP contribution in [0, 0.1) is 5.82 Å². The number of hydrogen-bond acceptors (Lipinski definition) is 2. The number of carbonyl (C=O) groups is 1. The molecule has 3 rings (SSSR count). The van der Waals surface area contributed by atoms with Crippen LogP contribution in [0.3, 0.4) is 0 Å². The number of H-pyrrole nitrogens is 1. The minimum Gasteiger partial charge on any atom is -0.464 e. The SMILES string of the molecule is COC(=O)c1ccc(-c2ccc(-c3ccc(F)cc3)cc2)[nH]1. The molecule has 22 heavy (non-hydrogen) atoms. The lowest BCUT2D eigenvalue weighted by atomic mass is 10.0. The second-order valence-corrected chi connectivity index (χ2v) is 4.86. The van der Waals surface area contributed by atoms with Crippen molar-refractivity contribution in [3.63, 3.8) is 0 Å². The topological polar surface area (TPSA) is 42.1 Å². The van der Waals surface area contributed by atoms with Gasteiger partial charge in [0.05, 0.1) is 7.11 Å². The van der Waals surface area contributed by atoms with Gasteiger partial charge in [-0.2, -0.15) is 0 Å². The molecule has 3 aromatic rings. The van der Waals surface area contributed by atoms with Crippen molar-refractivity contribution in [3.05, 3.63) is 72.2 Å². The molecule has 4 heteroatoms. The first kappa shape index (κ1) is 14.1. The zero-order chi connectivity index (χ0) is 15.5. The highest BCUT2D eigenvalue weighted by Gasteiger charge is 2.09. The maximum Gasteiger partial charge on any atom is 0.354 e. The van der Waals surface area contributed by atoms with Gasteiger partial charge < -0.3 is 9.72 Å². The fourth-order valence-corrected chi connectivity index (χ4v) is 2.28. The van der Waals surface area contributed by atoms with Gasteiger partial charge in [-0.15, -0.1) is 0 Å². The summed E-state index contributed by atoms with van der Waals surface area (Å²) in [5.74, 6) is -0.642. The van der Waals surface area contributed by atoms with Crippen LogP contribution in [0.5, 0.6) is 0 Å². The first-order chi connectivity index (χ1) is 10.7. The molecule has 1 heterocycles. The molecule has 1 aromatic heterocycles. The quantitative estimate of drug-likeness (QED) is 0.733. The number of carbonyl (C=O) groups excluding carboxylic acids is 1. The van der Waals surface area contributed by atoms with Gasteiger partial charge in [0.2, 0.25) is 0 Å². The molecule has 2 aromatic carbocycles. The van der Waals surface area contributed by atoms with E-state index in [1.165, 1.54) is 19.2 Å². The van der Waals surface area contributed by atoms with E-state index in [1.54, 1.807) is 18.2 Å². The number of nitrogens with one attached hydrogen (secondary N) is 1.